The minimum Gasteiger partial charge on any atom is -0.459 e. The summed E-state index contributed by atoms with van der Waals surface area (Å²) >= 11 is 3.26. The van der Waals surface area contributed by atoms with Gasteiger partial charge in [-0.25, -0.2) is 0 Å². The van der Waals surface area contributed by atoms with E-state index in [0.717, 1.165) is 4.47 Å². The first kappa shape index (κ1) is 12.4. The Morgan fingerprint density at radius 1 is 1.33 bits per heavy atom. The first-order valence-electron chi connectivity index (χ1n) is 5.04. The largest absolute Gasteiger partial charge is 0.459 e. The number of carbonyl (C=O) groups excluding carboxylic acids is 2. The van der Waals surface area contributed by atoms with Gasteiger partial charge in [0.1, 0.15) is 5.69 Å². The molecule has 7 heteroatoms. The first-order valence-corrected chi connectivity index (χ1v) is 5.83. The van der Waals surface area contributed by atoms with Crippen molar-refractivity contribution < 1.29 is 14.0 Å². The van der Waals surface area contributed by atoms with Crippen LogP contribution in [0.5, 0.6) is 0 Å². The number of nitrogens with one attached hydrogen (secondary N) is 2. The minimum atomic E-state index is -0.512. The number of amides is 2. The molecule has 0 saturated carbocycles. The van der Waals surface area contributed by atoms with Gasteiger partial charge in [0.25, 0.3) is 5.91 Å². The van der Waals surface area contributed by atoms with E-state index >= 15 is 0 Å². The van der Waals surface area contributed by atoms with Crippen molar-refractivity contribution in [2.24, 2.45) is 7.05 Å². The number of aromatic nitrogens is 1. The van der Waals surface area contributed by atoms with Gasteiger partial charge in [-0.3, -0.25) is 20.4 Å². The molecule has 18 heavy (non-hydrogen) atoms. The lowest BCUT2D eigenvalue weighted by molar-refractivity contribution is 0.0827. The molecule has 2 rings (SSSR count). The Kier molecular flexibility index (Phi) is 3.52. The number of halogens is 1. The number of hydrazine groups is 1. The normalized spacial score (nSPS) is 10.1. The van der Waals surface area contributed by atoms with Crippen molar-refractivity contribution in [1.82, 2.24) is 15.4 Å². The predicted molar refractivity (Wildman–Crippen MR) is 66.8 cm³/mol. The summed E-state index contributed by atoms with van der Waals surface area (Å²) in [6, 6.07) is 4.74. The molecule has 0 aliphatic carbocycles. The van der Waals surface area contributed by atoms with Gasteiger partial charge in [-0.1, -0.05) is 0 Å². The van der Waals surface area contributed by atoms with Crippen molar-refractivity contribution in [3.63, 3.8) is 0 Å². The third-order valence-corrected chi connectivity index (χ3v) is 2.67. The van der Waals surface area contributed by atoms with E-state index in [1.165, 1.54) is 12.3 Å². The Morgan fingerprint density at radius 2 is 2.06 bits per heavy atom. The molecule has 0 saturated heterocycles. The molecule has 0 unspecified atom stereocenters. The molecule has 2 amide bonds. The minimum absolute atomic E-state index is 0.128. The highest BCUT2D eigenvalue weighted by Crippen LogP contribution is 2.13. The summed E-state index contributed by atoms with van der Waals surface area (Å²) in [7, 11) is 1.73. The fourth-order valence-electron chi connectivity index (χ4n) is 1.40. The van der Waals surface area contributed by atoms with Crippen molar-refractivity contribution in [3.8, 4) is 0 Å². The summed E-state index contributed by atoms with van der Waals surface area (Å²) in [6.45, 7) is 0. The van der Waals surface area contributed by atoms with Crippen LogP contribution in [0, 0.1) is 0 Å². The van der Waals surface area contributed by atoms with Crippen LogP contribution < -0.4 is 10.9 Å². The van der Waals surface area contributed by atoms with Crippen LogP contribution in [0.15, 0.2) is 39.5 Å². The third kappa shape index (κ3) is 2.62. The van der Waals surface area contributed by atoms with Gasteiger partial charge in [0, 0.05) is 17.7 Å². The summed E-state index contributed by atoms with van der Waals surface area (Å²) in [4.78, 5) is 23.3. The van der Waals surface area contributed by atoms with Gasteiger partial charge in [-0.05, 0) is 34.1 Å². The molecular formula is C11H10BrN3O3. The highest BCUT2D eigenvalue weighted by Gasteiger charge is 2.13. The average Bonchev–Trinajstić information content (AvgIpc) is 2.95. The number of nitrogens with zero attached hydrogens (tertiary/aromatic N) is 1. The Hall–Kier alpha value is -2.02. The van der Waals surface area contributed by atoms with E-state index in [2.05, 4.69) is 26.8 Å². The number of rotatable bonds is 2. The zero-order chi connectivity index (χ0) is 13.1. The van der Waals surface area contributed by atoms with Crippen molar-refractivity contribution in [2.45, 2.75) is 0 Å². The Morgan fingerprint density at radius 3 is 2.61 bits per heavy atom. The monoisotopic (exact) mass is 311 g/mol. The lowest BCUT2D eigenvalue weighted by Gasteiger charge is -2.06. The fourth-order valence-corrected chi connectivity index (χ4v) is 1.92. The molecular weight excluding hydrogens is 302 g/mol. The highest BCUT2D eigenvalue weighted by molar-refractivity contribution is 9.10. The predicted octanol–water partition coefficient (Wildman–Crippen LogP) is 1.46. The summed E-state index contributed by atoms with van der Waals surface area (Å²) in [6.07, 6.45) is 3.12. The van der Waals surface area contributed by atoms with Gasteiger partial charge in [0.2, 0.25) is 0 Å². The maximum atomic E-state index is 11.8. The number of hydrogen-bond donors (Lipinski definition) is 2. The molecule has 2 heterocycles. The molecule has 0 atom stereocenters. The van der Waals surface area contributed by atoms with Gasteiger partial charge in [-0.2, -0.15) is 0 Å². The van der Waals surface area contributed by atoms with E-state index in [1.54, 1.807) is 29.9 Å². The van der Waals surface area contributed by atoms with Crippen LogP contribution in [0.25, 0.3) is 0 Å². The van der Waals surface area contributed by atoms with Crippen molar-refractivity contribution in [3.05, 3.63) is 46.6 Å². The summed E-state index contributed by atoms with van der Waals surface area (Å²) < 4.78 is 7.31. The molecule has 0 aromatic carbocycles. The van der Waals surface area contributed by atoms with Crippen molar-refractivity contribution in [2.75, 3.05) is 0 Å². The van der Waals surface area contributed by atoms with Gasteiger partial charge in [-0.15, -0.1) is 0 Å². The van der Waals surface area contributed by atoms with Crippen LogP contribution in [0.3, 0.4) is 0 Å². The van der Waals surface area contributed by atoms with E-state index in [4.69, 9.17) is 4.42 Å². The molecule has 0 aliphatic heterocycles. The smallest absolute Gasteiger partial charge is 0.305 e. The van der Waals surface area contributed by atoms with E-state index in [0.29, 0.717) is 5.69 Å². The van der Waals surface area contributed by atoms with Crippen LogP contribution in [0.2, 0.25) is 0 Å². The molecule has 0 bridgehead atoms. The second-order valence-corrected chi connectivity index (χ2v) is 4.46. The fraction of sp³-hybridized carbons (Fsp3) is 0.0909. The maximum Gasteiger partial charge on any atom is 0.305 e. The van der Waals surface area contributed by atoms with Crippen LogP contribution >= 0.6 is 15.9 Å². The standard InChI is InChI=1S/C11H10BrN3O3/c1-15-6-7(12)5-8(15)10(16)13-14-11(17)9-3-2-4-18-9/h2-6H,1H3,(H,13,16)(H,14,17). The molecule has 6 nitrogen and oxygen atoms in total. The molecule has 2 N–H and O–H groups in total. The second-order valence-electron chi connectivity index (χ2n) is 3.54. The summed E-state index contributed by atoms with van der Waals surface area (Å²) in [5.41, 5.74) is 4.98. The van der Waals surface area contributed by atoms with Gasteiger partial charge in [0.05, 0.1) is 6.26 Å². The number of hydrogen-bond acceptors (Lipinski definition) is 3. The molecule has 0 radical (unpaired) electrons. The quantitative estimate of drug-likeness (QED) is 0.824. The zero-order valence-corrected chi connectivity index (χ0v) is 11.0. The van der Waals surface area contributed by atoms with Crippen molar-refractivity contribution >= 4 is 27.7 Å². The lowest BCUT2D eigenvalue weighted by Crippen LogP contribution is -2.42. The molecule has 0 spiro atoms. The van der Waals surface area contributed by atoms with Gasteiger partial charge < -0.3 is 8.98 Å². The molecule has 0 fully saturated rings. The topological polar surface area (TPSA) is 76.3 Å². The van der Waals surface area contributed by atoms with Crippen LogP contribution in [0.1, 0.15) is 21.0 Å². The van der Waals surface area contributed by atoms with Gasteiger partial charge in [0.15, 0.2) is 5.76 Å². The van der Waals surface area contributed by atoms with Crippen LogP contribution in [-0.4, -0.2) is 16.4 Å². The Labute approximate surface area is 111 Å². The van der Waals surface area contributed by atoms with Crippen LogP contribution in [0.4, 0.5) is 0 Å². The highest BCUT2D eigenvalue weighted by atomic mass is 79.9. The van der Waals surface area contributed by atoms with Gasteiger partial charge >= 0.3 is 5.91 Å². The third-order valence-electron chi connectivity index (χ3n) is 2.24. The molecule has 2 aromatic rings. The Bertz CT molecular complexity index is 574. The van der Waals surface area contributed by atoms with Crippen molar-refractivity contribution in [1.29, 1.82) is 0 Å². The zero-order valence-electron chi connectivity index (χ0n) is 9.44. The molecule has 94 valence electrons. The Balaban J connectivity index is 1.97. The summed E-state index contributed by atoms with van der Waals surface area (Å²) in [5.74, 6) is -0.798. The second kappa shape index (κ2) is 5.09. The van der Waals surface area contributed by atoms with E-state index < -0.39 is 11.8 Å². The maximum absolute atomic E-state index is 11.8. The first-order chi connectivity index (χ1) is 8.58. The average molecular weight is 312 g/mol. The van der Waals surface area contributed by atoms with Crippen LogP contribution in [-0.2, 0) is 7.05 Å². The molecule has 0 aliphatic rings. The number of aryl methyl sites for hydroxylation is 1. The van der Waals surface area contributed by atoms with E-state index in [9.17, 15) is 9.59 Å². The SMILES string of the molecule is Cn1cc(Br)cc1C(=O)NNC(=O)c1ccco1. The lowest BCUT2D eigenvalue weighted by atomic mass is 10.4. The van der Waals surface area contributed by atoms with E-state index in [1.807, 2.05) is 0 Å². The number of carbonyl (C=O) groups is 2. The van der Waals surface area contributed by atoms with E-state index in [-0.39, 0.29) is 5.76 Å². The number of furan rings is 1. The molecule has 2 aromatic heterocycles. The summed E-state index contributed by atoms with van der Waals surface area (Å²) in [5, 5.41) is 0.